The molecule has 0 aromatic carbocycles. The molecule has 0 fully saturated rings. The van der Waals surface area contributed by atoms with Crippen molar-refractivity contribution in [2.24, 2.45) is 0 Å². The van der Waals surface area contributed by atoms with Gasteiger partial charge in [0, 0.05) is 0 Å². The van der Waals surface area contributed by atoms with Crippen LogP contribution in [-0.2, 0) is 20.2 Å². The van der Waals surface area contributed by atoms with Crippen LogP contribution in [0.25, 0.3) is 0 Å². The molecule has 0 saturated heterocycles. The van der Waals surface area contributed by atoms with Crippen LogP contribution >= 0.6 is 23.2 Å². The van der Waals surface area contributed by atoms with Crippen molar-refractivity contribution in [2.75, 3.05) is 12.5 Å². The molecule has 1 atom stereocenters. The molecule has 0 aliphatic heterocycles. The highest BCUT2D eigenvalue weighted by molar-refractivity contribution is 7.91. The van der Waals surface area contributed by atoms with Gasteiger partial charge in [-0.1, -0.05) is 0 Å². The molecular formula is C4H7Cl2O3S+. The quantitative estimate of drug-likeness (QED) is 0.315. The van der Waals surface area contributed by atoms with Crippen LogP contribution in [0.4, 0.5) is 0 Å². The fourth-order valence-corrected chi connectivity index (χ4v) is 1.23. The van der Waals surface area contributed by atoms with Crippen LogP contribution in [0.5, 0.6) is 0 Å². The highest BCUT2D eigenvalue weighted by Gasteiger charge is 2.39. The van der Waals surface area contributed by atoms with E-state index in [-0.39, 0.29) is 0 Å². The molecule has 0 aromatic heterocycles. The van der Waals surface area contributed by atoms with Crippen LogP contribution in [0.2, 0.25) is 0 Å². The number of carbonyl (C=O) groups is 1. The van der Waals surface area contributed by atoms with Crippen LogP contribution in [0.15, 0.2) is 0 Å². The largest absolute Gasteiger partial charge is 0.372 e. The summed E-state index contributed by atoms with van der Waals surface area (Å²) in [5, 5.41) is 5.33. The van der Waals surface area contributed by atoms with Crippen LogP contribution in [0, 0.1) is 0 Å². The van der Waals surface area contributed by atoms with Crippen LogP contribution in [0.1, 0.15) is 0 Å². The lowest BCUT2D eigenvalue weighted by Gasteiger charge is -2.10. The van der Waals surface area contributed by atoms with Crippen molar-refractivity contribution in [3.05, 3.63) is 0 Å². The van der Waals surface area contributed by atoms with Crippen LogP contribution in [0.3, 0.4) is 0 Å². The van der Waals surface area contributed by atoms with Crippen molar-refractivity contribution in [2.45, 2.75) is 5.25 Å². The van der Waals surface area contributed by atoms with Gasteiger partial charge in [-0.05, 0) is 23.2 Å². The van der Waals surface area contributed by atoms with Gasteiger partial charge in [0.05, 0.1) is 0 Å². The summed E-state index contributed by atoms with van der Waals surface area (Å²) in [7, 11) is 0. The Labute approximate surface area is 71.8 Å². The lowest BCUT2D eigenvalue weighted by molar-refractivity contribution is -0.138. The number of hydrogen-bond donors (Lipinski definition) is 1. The second kappa shape index (κ2) is 3.78. The van der Waals surface area contributed by atoms with Gasteiger partial charge in [-0.15, -0.1) is 4.18 Å². The summed E-state index contributed by atoms with van der Waals surface area (Å²) in [5.41, 5.74) is 0. The molecule has 1 N–H and O–H groups in total. The molecule has 0 spiro atoms. The van der Waals surface area contributed by atoms with Crippen molar-refractivity contribution >= 4 is 39.6 Å². The van der Waals surface area contributed by atoms with E-state index in [1.54, 1.807) is 12.5 Å². The van der Waals surface area contributed by atoms with Crippen molar-refractivity contribution in [1.29, 1.82) is 0 Å². The lowest BCUT2D eigenvalue weighted by atomic mass is 10.7. The fourth-order valence-electron chi connectivity index (χ4n) is 0.254. The molecule has 0 heterocycles. The predicted molar refractivity (Wildman–Crippen MR) is 42.0 cm³/mol. The molecular weight excluding hydrogens is 199 g/mol. The van der Waals surface area contributed by atoms with E-state index in [4.69, 9.17) is 28.3 Å². The third-order valence-electron chi connectivity index (χ3n) is 0.520. The first-order chi connectivity index (χ1) is 4.36. The third-order valence-corrected chi connectivity index (χ3v) is 1.79. The molecule has 0 amide bonds. The SMILES string of the molecule is C[S+](C)OC(O)(Cl)C(=O)Cl. The second-order valence-corrected chi connectivity index (χ2v) is 4.17. The Morgan fingerprint density at radius 2 is 2.10 bits per heavy atom. The molecule has 0 rings (SSSR count). The molecule has 1 unspecified atom stereocenters. The summed E-state index contributed by atoms with van der Waals surface area (Å²) in [6.07, 6.45) is 3.29. The first kappa shape index (κ1) is 10.5. The van der Waals surface area contributed by atoms with E-state index in [1.807, 2.05) is 0 Å². The topological polar surface area (TPSA) is 46.5 Å². The van der Waals surface area contributed by atoms with Crippen LogP contribution < -0.4 is 0 Å². The fraction of sp³-hybridized carbons (Fsp3) is 0.750. The summed E-state index contributed by atoms with van der Waals surface area (Å²) in [4.78, 5) is 10.3. The van der Waals surface area contributed by atoms with Gasteiger partial charge in [-0.2, -0.15) is 0 Å². The van der Waals surface area contributed by atoms with E-state index in [9.17, 15) is 4.79 Å². The molecule has 0 bridgehead atoms. The average Bonchev–Trinajstić information content (AvgIpc) is 1.60. The Balaban J connectivity index is 4.00. The summed E-state index contributed by atoms with van der Waals surface area (Å²) >= 11 is 9.40. The Morgan fingerprint density at radius 3 is 2.20 bits per heavy atom. The molecule has 6 heteroatoms. The number of alkyl halides is 1. The third kappa shape index (κ3) is 3.63. The first-order valence-electron chi connectivity index (χ1n) is 2.24. The van der Waals surface area contributed by atoms with E-state index in [1.165, 1.54) is 0 Å². The van der Waals surface area contributed by atoms with Crippen molar-refractivity contribution in [3.8, 4) is 0 Å². The number of halogens is 2. The summed E-state index contributed by atoms with van der Waals surface area (Å²) in [6.45, 7) is 0. The van der Waals surface area contributed by atoms with Gasteiger partial charge in [-0.3, -0.25) is 4.79 Å². The van der Waals surface area contributed by atoms with Crippen LogP contribution in [-0.4, -0.2) is 28.1 Å². The highest BCUT2D eigenvalue weighted by Crippen LogP contribution is 2.18. The first-order valence-corrected chi connectivity index (χ1v) is 4.97. The van der Waals surface area contributed by atoms with E-state index in [0.717, 1.165) is 0 Å². The maximum absolute atomic E-state index is 10.3. The van der Waals surface area contributed by atoms with E-state index in [0.29, 0.717) is 0 Å². The molecule has 0 radical (unpaired) electrons. The molecule has 10 heavy (non-hydrogen) atoms. The van der Waals surface area contributed by atoms with Gasteiger partial charge >= 0.3 is 10.5 Å². The van der Waals surface area contributed by atoms with Gasteiger partial charge in [0.2, 0.25) is 0 Å². The Kier molecular flexibility index (Phi) is 3.98. The van der Waals surface area contributed by atoms with Gasteiger partial charge in [0.25, 0.3) is 0 Å². The Morgan fingerprint density at radius 1 is 1.70 bits per heavy atom. The number of aliphatic hydroxyl groups is 1. The molecule has 3 nitrogen and oxygen atoms in total. The molecule has 0 aliphatic carbocycles. The van der Waals surface area contributed by atoms with Crippen molar-refractivity contribution in [3.63, 3.8) is 0 Å². The summed E-state index contributed by atoms with van der Waals surface area (Å²) < 4.78 is 4.57. The van der Waals surface area contributed by atoms with E-state index >= 15 is 0 Å². The zero-order valence-electron chi connectivity index (χ0n) is 5.43. The summed E-state index contributed by atoms with van der Waals surface area (Å²) in [6, 6.07) is 0. The summed E-state index contributed by atoms with van der Waals surface area (Å²) in [5.74, 6) is 0. The smallest absolute Gasteiger partial charge is 0.343 e. The van der Waals surface area contributed by atoms with E-state index < -0.39 is 21.7 Å². The number of carbonyl (C=O) groups excluding carboxylic acids is 1. The predicted octanol–water partition coefficient (Wildman–Crippen LogP) is 0.446. The van der Waals surface area contributed by atoms with Gasteiger partial charge in [0.15, 0.2) is 0 Å². The number of rotatable bonds is 3. The lowest BCUT2D eigenvalue weighted by Crippen LogP contribution is -2.33. The monoisotopic (exact) mass is 205 g/mol. The molecule has 0 aromatic rings. The van der Waals surface area contributed by atoms with E-state index in [2.05, 4.69) is 4.18 Å². The van der Waals surface area contributed by atoms with Crippen molar-refractivity contribution in [1.82, 2.24) is 0 Å². The molecule has 0 saturated carbocycles. The van der Waals surface area contributed by atoms with Gasteiger partial charge in [0.1, 0.15) is 23.7 Å². The second-order valence-electron chi connectivity index (χ2n) is 1.66. The molecule has 60 valence electrons. The van der Waals surface area contributed by atoms with Gasteiger partial charge < -0.3 is 5.11 Å². The highest BCUT2D eigenvalue weighted by atomic mass is 35.5. The Hall–Kier alpha value is 0.520. The number of hydrogen-bond acceptors (Lipinski definition) is 3. The van der Waals surface area contributed by atoms with Gasteiger partial charge in [-0.25, -0.2) is 0 Å². The zero-order chi connectivity index (χ0) is 8.36. The zero-order valence-corrected chi connectivity index (χ0v) is 7.76. The maximum Gasteiger partial charge on any atom is 0.372 e. The average molecular weight is 206 g/mol. The Bertz CT molecular complexity index is 136. The standard InChI is InChI=1S/C4H7Cl2O3S/c1-10(2)9-4(6,8)3(5)7/h8H,1-2H3/q+1. The van der Waals surface area contributed by atoms with Crippen molar-refractivity contribution < 1.29 is 14.1 Å². The molecule has 0 aliphatic rings. The minimum atomic E-state index is -2.37. The normalized spacial score (nSPS) is 17.0. The minimum Gasteiger partial charge on any atom is -0.343 e. The maximum atomic E-state index is 10.3. The minimum absolute atomic E-state index is 0.593.